The molecule has 1 aliphatic rings. The molecule has 17 heavy (non-hydrogen) atoms. The van der Waals surface area contributed by atoms with Crippen molar-refractivity contribution in [2.75, 3.05) is 0 Å². The fraction of sp³-hybridized carbons (Fsp3) is 0.500. The molecule has 0 saturated heterocycles. The summed E-state index contributed by atoms with van der Waals surface area (Å²) >= 11 is 5.32. The summed E-state index contributed by atoms with van der Waals surface area (Å²) in [6.07, 6.45) is 3.59. The summed E-state index contributed by atoms with van der Waals surface area (Å²) in [7, 11) is 0. The molecular weight excluding hydrogens is 228 g/mol. The van der Waals surface area contributed by atoms with Crippen molar-refractivity contribution in [1.82, 2.24) is 10.6 Å². The Morgan fingerprint density at radius 1 is 1.35 bits per heavy atom. The van der Waals surface area contributed by atoms with Gasteiger partial charge in [0.15, 0.2) is 5.11 Å². The van der Waals surface area contributed by atoms with Crippen molar-refractivity contribution in [3.05, 3.63) is 35.4 Å². The van der Waals surface area contributed by atoms with Gasteiger partial charge in [0.05, 0.1) is 6.04 Å². The predicted octanol–water partition coefficient (Wildman–Crippen LogP) is 2.94. The summed E-state index contributed by atoms with van der Waals surface area (Å²) < 4.78 is 0. The van der Waals surface area contributed by atoms with E-state index in [9.17, 15) is 0 Å². The van der Waals surface area contributed by atoms with Gasteiger partial charge in [0.25, 0.3) is 0 Å². The van der Waals surface area contributed by atoms with E-state index in [0.717, 1.165) is 11.5 Å². The van der Waals surface area contributed by atoms with Crippen LogP contribution in [0.5, 0.6) is 0 Å². The highest BCUT2D eigenvalue weighted by Gasteiger charge is 2.20. The third-order valence-corrected chi connectivity index (χ3v) is 3.33. The highest BCUT2D eigenvalue weighted by Crippen LogP contribution is 2.29. The Bertz CT molecular complexity index is 401. The number of hydrogen-bond donors (Lipinski definition) is 2. The van der Waals surface area contributed by atoms with Crippen LogP contribution in [0.2, 0.25) is 0 Å². The number of thiocarbonyl (C=S) groups is 1. The lowest BCUT2D eigenvalue weighted by molar-refractivity contribution is 0.520. The van der Waals surface area contributed by atoms with Crippen LogP contribution in [0.4, 0.5) is 0 Å². The van der Waals surface area contributed by atoms with Crippen molar-refractivity contribution >= 4 is 17.3 Å². The van der Waals surface area contributed by atoms with Crippen molar-refractivity contribution in [3.63, 3.8) is 0 Å². The van der Waals surface area contributed by atoms with E-state index in [-0.39, 0.29) is 0 Å². The lowest BCUT2D eigenvalue weighted by Gasteiger charge is -2.28. The molecule has 0 amide bonds. The standard InChI is InChI=1S/C14H20N2S/c1-10(2)15-14(17)16-13-9-5-7-11-6-3-4-8-12(11)13/h3-4,6,8,10,13H,5,7,9H2,1-2H3,(H2,15,16,17). The molecule has 1 aliphatic carbocycles. The minimum Gasteiger partial charge on any atom is -0.361 e. The van der Waals surface area contributed by atoms with Crippen LogP contribution in [-0.4, -0.2) is 11.2 Å². The minimum atomic E-state index is 0.374. The number of hydrogen-bond acceptors (Lipinski definition) is 1. The summed E-state index contributed by atoms with van der Waals surface area (Å²) in [4.78, 5) is 0. The Hall–Kier alpha value is -1.09. The quantitative estimate of drug-likeness (QED) is 0.787. The summed E-state index contributed by atoms with van der Waals surface area (Å²) in [5, 5.41) is 7.43. The second-order valence-corrected chi connectivity index (χ2v) is 5.32. The van der Waals surface area contributed by atoms with Gasteiger partial charge in [-0.05, 0) is 56.5 Å². The molecule has 1 atom stereocenters. The molecule has 0 bridgehead atoms. The first-order valence-electron chi connectivity index (χ1n) is 6.31. The zero-order chi connectivity index (χ0) is 12.3. The summed E-state index contributed by atoms with van der Waals surface area (Å²) in [5.74, 6) is 0. The Morgan fingerprint density at radius 3 is 2.88 bits per heavy atom. The minimum absolute atomic E-state index is 0.374. The van der Waals surface area contributed by atoms with Crippen LogP contribution in [0.15, 0.2) is 24.3 Å². The Balaban J connectivity index is 2.06. The van der Waals surface area contributed by atoms with Gasteiger partial charge >= 0.3 is 0 Å². The van der Waals surface area contributed by atoms with Crippen LogP contribution >= 0.6 is 12.2 Å². The normalized spacial score (nSPS) is 18.6. The molecule has 1 unspecified atom stereocenters. The molecule has 0 fully saturated rings. The Kier molecular flexibility index (Phi) is 4.00. The summed E-state index contributed by atoms with van der Waals surface area (Å²) in [6.45, 7) is 4.20. The Morgan fingerprint density at radius 2 is 2.12 bits per heavy atom. The molecule has 0 spiro atoms. The van der Waals surface area contributed by atoms with E-state index >= 15 is 0 Å². The van der Waals surface area contributed by atoms with Crippen molar-refractivity contribution < 1.29 is 0 Å². The molecule has 0 heterocycles. The molecule has 1 aromatic rings. The van der Waals surface area contributed by atoms with E-state index in [4.69, 9.17) is 12.2 Å². The van der Waals surface area contributed by atoms with Gasteiger partial charge in [0.1, 0.15) is 0 Å². The number of nitrogens with one attached hydrogen (secondary N) is 2. The van der Waals surface area contributed by atoms with Gasteiger partial charge in [0.2, 0.25) is 0 Å². The maximum absolute atomic E-state index is 5.32. The van der Waals surface area contributed by atoms with Crippen LogP contribution in [-0.2, 0) is 6.42 Å². The molecular formula is C14H20N2S. The average molecular weight is 248 g/mol. The van der Waals surface area contributed by atoms with Crippen LogP contribution in [0.1, 0.15) is 43.9 Å². The summed E-state index contributed by atoms with van der Waals surface area (Å²) in [6, 6.07) is 9.42. The first-order valence-corrected chi connectivity index (χ1v) is 6.72. The highest BCUT2D eigenvalue weighted by atomic mass is 32.1. The molecule has 2 rings (SSSR count). The molecule has 0 aromatic heterocycles. The molecule has 0 aliphatic heterocycles. The van der Waals surface area contributed by atoms with E-state index in [1.54, 1.807) is 0 Å². The molecule has 92 valence electrons. The van der Waals surface area contributed by atoms with E-state index in [0.29, 0.717) is 12.1 Å². The van der Waals surface area contributed by atoms with E-state index < -0.39 is 0 Å². The monoisotopic (exact) mass is 248 g/mol. The van der Waals surface area contributed by atoms with Crippen molar-refractivity contribution in [3.8, 4) is 0 Å². The molecule has 0 radical (unpaired) electrons. The SMILES string of the molecule is CC(C)NC(=S)NC1CCCc2ccccc21. The lowest BCUT2D eigenvalue weighted by Crippen LogP contribution is -2.41. The average Bonchev–Trinajstić information content (AvgIpc) is 2.28. The predicted molar refractivity (Wildman–Crippen MR) is 76.1 cm³/mol. The van der Waals surface area contributed by atoms with Gasteiger partial charge in [-0.25, -0.2) is 0 Å². The zero-order valence-electron chi connectivity index (χ0n) is 10.5. The first kappa shape index (κ1) is 12.4. The first-order chi connectivity index (χ1) is 8.16. The maximum Gasteiger partial charge on any atom is 0.166 e. The van der Waals surface area contributed by atoms with Gasteiger partial charge in [-0.3, -0.25) is 0 Å². The van der Waals surface area contributed by atoms with E-state index in [1.807, 2.05) is 0 Å². The second kappa shape index (κ2) is 5.50. The van der Waals surface area contributed by atoms with Crippen molar-refractivity contribution in [2.24, 2.45) is 0 Å². The number of fused-ring (bicyclic) bond motifs is 1. The van der Waals surface area contributed by atoms with Crippen LogP contribution in [0.25, 0.3) is 0 Å². The largest absolute Gasteiger partial charge is 0.361 e. The molecule has 2 N–H and O–H groups in total. The zero-order valence-corrected chi connectivity index (χ0v) is 11.3. The number of aryl methyl sites for hydroxylation is 1. The fourth-order valence-corrected chi connectivity index (χ4v) is 2.74. The molecule has 3 heteroatoms. The summed E-state index contributed by atoms with van der Waals surface area (Å²) in [5.41, 5.74) is 2.87. The van der Waals surface area contributed by atoms with Crippen LogP contribution < -0.4 is 10.6 Å². The van der Waals surface area contributed by atoms with E-state index in [1.165, 1.54) is 24.0 Å². The van der Waals surface area contributed by atoms with E-state index in [2.05, 4.69) is 48.7 Å². The van der Waals surface area contributed by atoms with Gasteiger partial charge in [-0.15, -0.1) is 0 Å². The Labute approximate surface area is 109 Å². The van der Waals surface area contributed by atoms with Gasteiger partial charge in [0, 0.05) is 6.04 Å². The molecule has 2 nitrogen and oxygen atoms in total. The fourth-order valence-electron chi connectivity index (χ4n) is 2.37. The lowest BCUT2D eigenvalue weighted by atomic mass is 9.88. The van der Waals surface area contributed by atoms with Crippen molar-refractivity contribution in [2.45, 2.75) is 45.2 Å². The molecule has 1 aromatic carbocycles. The second-order valence-electron chi connectivity index (χ2n) is 4.92. The maximum atomic E-state index is 5.32. The topological polar surface area (TPSA) is 24.1 Å². The van der Waals surface area contributed by atoms with Gasteiger partial charge in [-0.1, -0.05) is 24.3 Å². The smallest absolute Gasteiger partial charge is 0.166 e. The van der Waals surface area contributed by atoms with Crippen LogP contribution in [0, 0.1) is 0 Å². The highest BCUT2D eigenvalue weighted by molar-refractivity contribution is 7.80. The number of rotatable bonds is 2. The molecule has 0 saturated carbocycles. The third kappa shape index (κ3) is 3.19. The van der Waals surface area contributed by atoms with Gasteiger partial charge in [-0.2, -0.15) is 0 Å². The van der Waals surface area contributed by atoms with Crippen LogP contribution in [0.3, 0.4) is 0 Å². The third-order valence-electron chi connectivity index (χ3n) is 3.09. The number of benzene rings is 1. The van der Waals surface area contributed by atoms with Gasteiger partial charge < -0.3 is 10.6 Å². The van der Waals surface area contributed by atoms with Crippen molar-refractivity contribution in [1.29, 1.82) is 0 Å².